The van der Waals surface area contributed by atoms with E-state index in [2.05, 4.69) is 0 Å². The van der Waals surface area contributed by atoms with E-state index in [-0.39, 0.29) is 56.3 Å². The summed E-state index contributed by atoms with van der Waals surface area (Å²) in [5.41, 5.74) is 15.9. The average molecular weight is 681 g/mol. The van der Waals surface area contributed by atoms with E-state index >= 15 is 0 Å². The Morgan fingerprint density at radius 1 is 0.412 bits per heavy atom. The van der Waals surface area contributed by atoms with Crippen LogP contribution in [0.15, 0.2) is 121 Å². The fraction of sp³-hybridized carbons (Fsp3) is 0. The van der Waals surface area contributed by atoms with Crippen molar-refractivity contribution in [1.82, 2.24) is 0 Å². The molecular weight excluding hydrogens is 652 g/mol. The number of anilines is 2. The molecule has 51 heavy (non-hydrogen) atoms. The highest BCUT2D eigenvalue weighted by molar-refractivity contribution is 6.05. The first-order chi connectivity index (χ1) is 24.5. The van der Waals surface area contributed by atoms with E-state index < -0.39 is 23.9 Å². The summed E-state index contributed by atoms with van der Waals surface area (Å²) in [6, 6.07) is 31.5. The van der Waals surface area contributed by atoms with Crippen molar-refractivity contribution in [1.29, 1.82) is 0 Å². The van der Waals surface area contributed by atoms with E-state index in [1.807, 2.05) is 0 Å². The topological polar surface area (TPSA) is 210 Å². The summed E-state index contributed by atoms with van der Waals surface area (Å²) in [6.45, 7) is 0. The Morgan fingerprint density at radius 3 is 1.08 bits per heavy atom. The molecule has 0 heterocycles. The minimum Gasteiger partial charge on any atom is -0.478 e. The molecular formula is C40H28N2O9. The Labute approximate surface area is 290 Å². The molecule has 0 aliphatic heterocycles. The van der Waals surface area contributed by atoms with Crippen LogP contribution in [0.25, 0.3) is 44.5 Å². The van der Waals surface area contributed by atoms with Gasteiger partial charge in [0, 0.05) is 33.6 Å². The van der Waals surface area contributed by atoms with E-state index in [9.17, 15) is 39.6 Å². The third-order valence-electron chi connectivity index (χ3n) is 8.34. The number of carboxylic acid groups (broad SMARTS) is 4. The molecule has 0 spiro atoms. The van der Waals surface area contributed by atoms with Crippen LogP contribution in [0, 0.1) is 0 Å². The second kappa shape index (κ2) is 13.6. The van der Waals surface area contributed by atoms with Gasteiger partial charge < -0.3 is 36.6 Å². The summed E-state index contributed by atoms with van der Waals surface area (Å²) in [5, 5.41) is 39.9. The van der Waals surface area contributed by atoms with Gasteiger partial charge >= 0.3 is 23.9 Å². The first kappa shape index (κ1) is 33.5. The molecule has 6 rings (SSSR count). The molecule has 11 nitrogen and oxygen atoms in total. The SMILES string of the molecule is Nc1c(-c2ccc(C(=O)O)c(Oc3cc(-c4ccc(C(=O)O)c(-c5ccccc5)c4N)ccc3C(=O)O)c2)ccc(C(=O)O)c1-c1ccccc1. The van der Waals surface area contributed by atoms with Crippen LogP contribution in [0.4, 0.5) is 11.4 Å². The smallest absolute Gasteiger partial charge is 0.339 e. The van der Waals surface area contributed by atoms with E-state index in [1.54, 1.807) is 60.7 Å². The zero-order valence-corrected chi connectivity index (χ0v) is 26.5. The Kier molecular flexibility index (Phi) is 8.94. The van der Waals surface area contributed by atoms with Gasteiger partial charge in [-0.05, 0) is 58.7 Å². The van der Waals surface area contributed by atoms with Crippen LogP contribution < -0.4 is 16.2 Å². The van der Waals surface area contributed by atoms with Crippen LogP contribution in [0.5, 0.6) is 11.5 Å². The number of aromatic carboxylic acids is 4. The lowest BCUT2D eigenvalue weighted by Crippen LogP contribution is -2.06. The molecule has 6 aromatic carbocycles. The maximum absolute atomic E-state index is 12.3. The molecule has 0 saturated carbocycles. The number of carboxylic acids is 4. The zero-order valence-electron chi connectivity index (χ0n) is 26.5. The molecule has 11 heteroatoms. The highest BCUT2D eigenvalue weighted by Gasteiger charge is 2.23. The van der Waals surface area contributed by atoms with E-state index in [0.29, 0.717) is 33.4 Å². The normalized spacial score (nSPS) is 10.7. The summed E-state index contributed by atoms with van der Waals surface area (Å²) >= 11 is 0. The van der Waals surface area contributed by atoms with Crippen LogP contribution in [0.3, 0.4) is 0 Å². The van der Waals surface area contributed by atoms with Gasteiger partial charge in [-0.3, -0.25) is 0 Å². The van der Waals surface area contributed by atoms with Crippen molar-refractivity contribution < 1.29 is 44.3 Å². The molecule has 6 aromatic rings. The molecule has 0 aliphatic rings. The maximum atomic E-state index is 12.3. The number of carbonyl (C=O) groups is 4. The van der Waals surface area contributed by atoms with Crippen LogP contribution in [0.1, 0.15) is 41.4 Å². The van der Waals surface area contributed by atoms with Crippen molar-refractivity contribution in [2.24, 2.45) is 0 Å². The molecule has 0 aromatic heterocycles. The number of ether oxygens (including phenoxy) is 1. The molecule has 0 amide bonds. The predicted molar refractivity (Wildman–Crippen MR) is 191 cm³/mol. The van der Waals surface area contributed by atoms with Gasteiger partial charge in [0.2, 0.25) is 0 Å². The highest BCUT2D eigenvalue weighted by atomic mass is 16.5. The second-order valence-electron chi connectivity index (χ2n) is 11.4. The number of hydrogen-bond donors (Lipinski definition) is 6. The molecule has 0 aliphatic carbocycles. The van der Waals surface area contributed by atoms with Crippen LogP contribution in [-0.4, -0.2) is 44.3 Å². The van der Waals surface area contributed by atoms with Crippen LogP contribution in [-0.2, 0) is 0 Å². The second-order valence-corrected chi connectivity index (χ2v) is 11.4. The van der Waals surface area contributed by atoms with E-state index in [0.717, 1.165) is 0 Å². The van der Waals surface area contributed by atoms with Crippen molar-refractivity contribution in [3.05, 3.63) is 144 Å². The van der Waals surface area contributed by atoms with E-state index in [1.165, 1.54) is 60.7 Å². The molecule has 0 fully saturated rings. The van der Waals surface area contributed by atoms with Gasteiger partial charge in [0.15, 0.2) is 0 Å². The first-order valence-electron chi connectivity index (χ1n) is 15.3. The van der Waals surface area contributed by atoms with Crippen molar-refractivity contribution >= 4 is 35.3 Å². The standard InChI is InChI=1S/C40H28N2O9/c41-35-25(15-17-29(39(47)48)33(35)21-7-3-1-4-8-21)23-11-13-27(37(43)44)31(19-23)51-32-20-24(12-14-28(32)38(45)46)26-16-18-30(40(49)50)34(36(26)42)22-9-5-2-6-10-22/h1-20H,41-42H2,(H,43,44)(H,45,46)(H,47,48)(H,49,50). The predicted octanol–water partition coefficient (Wildman–Crippen LogP) is 8.10. The molecule has 0 atom stereocenters. The van der Waals surface area contributed by atoms with Crippen LogP contribution in [0.2, 0.25) is 0 Å². The highest BCUT2D eigenvalue weighted by Crippen LogP contribution is 2.42. The summed E-state index contributed by atoms with van der Waals surface area (Å²) in [6.07, 6.45) is 0. The Morgan fingerprint density at radius 2 is 0.745 bits per heavy atom. The van der Waals surface area contributed by atoms with Crippen molar-refractivity contribution in [3.63, 3.8) is 0 Å². The Bertz CT molecular complexity index is 2210. The zero-order chi connectivity index (χ0) is 36.4. The number of nitrogens with two attached hydrogens (primary N) is 2. The van der Waals surface area contributed by atoms with Crippen molar-refractivity contribution in [2.45, 2.75) is 0 Å². The lowest BCUT2D eigenvalue weighted by atomic mass is 9.91. The molecule has 0 saturated heterocycles. The molecule has 0 bridgehead atoms. The third-order valence-corrected chi connectivity index (χ3v) is 8.34. The first-order valence-corrected chi connectivity index (χ1v) is 15.3. The van der Waals surface area contributed by atoms with Crippen molar-refractivity contribution in [2.75, 3.05) is 11.5 Å². The Balaban J connectivity index is 1.49. The summed E-state index contributed by atoms with van der Waals surface area (Å²) in [5.74, 6) is -5.53. The summed E-state index contributed by atoms with van der Waals surface area (Å²) in [7, 11) is 0. The Hall–Kier alpha value is -7.40. The average Bonchev–Trinajstić information content (AvgIpc) is 3.11. The number of nitrogen functional groups attached to an aromatic ring is 2. The maximum Gasteiger partial charge on any atom is 0.339 e. The lowest BCUT2D eigenvalue weighted by Gasteiger charge is -2.18. The number of hydrogen-bond acceptors (Lipinski definition) is 7. The van der Waals surface area contributed by atoms with Gasteiger partial charge in [0.1, 0.15) is 22.6 Å². The molecule has 0 unspecified atom stereocenters. The molecule has 0 radical (unpaired) electrons. The largest absolute Gasteiger partial charge is 0.478 e. The van der Waals surface area contributed by atoms with Gasteiger partial charge in [-0.15, -0.1) is 0 Å². The number of benzene rings is 6. The van der Waals surface area contributed by atoms with E-state index in [4.69, 9.17) is 16.2 Å². The van der Waals surface area contributed by atoms with Crippen LogP contribution >= 0.6 is 0 Å². The minimum atomic E-state index is -1.36. The van der Waals surface area contributed by atoms with Gasteiger partial charge in [-0.25, -0.2) is 19.2 Å². The molecule has 252 valence electrons. The quantitative estimate of drug-likeness (QED) is 0.0761. The fourth-order valence-electron chi connectivity index (χ4n) is 5.95. The van der Waals surface area contributed by atoms with Gasteiger partial charge in [-0.2, -0.15) is 0 Å². The monoisotopic (exact) mass is 680 g/mol. The minimum absolute atomic E-state index is 0.0323. The van der Waals surface area contributed by atoms with Gasteiger partial charge in [-0.1, -0.05) is 84.9 Å². The summed E-state index contributed by atoms with van der Waals surface area (Å²) in [4.78, 5) is 48.9. The van der Waals surface area contributed by atoms with Gasteiger partial charge in [0.25, 0.3) is 0 Å². The lowest BCUT2D eigenvalue weighted by molar-refractivity contribution is 0.0682. The molecule has 8 N–H and O–H groups in total. The number of rotatable bonds is 10. The van der Waals surface area contributed by atoms with Crippen molar-refractivity contribution in [3.8, 4) is 56.0 Å². The third kappa shape index (κ3) is 6.42. The summed E-state index contributed by atoms with van der Waals surface area (Å²) < 4.78 is 6.09. The van der Waals surface area contributed by atoms with Gasteiger partial charge in [0.05, 0.1) is 11.1 Å². The fourth-order valence-corrected chi connectivity index (χ4v) is 5.95.